The molecule has 0 radical (unpaired) electrons. The first-order chi connectivity index (χ1) is 17.0. The minimum absolute atomic E-state index is 0.215. The zero-order valence-corrected chi connectivity index (χ0v) is 21.9. The maximum atomic E-state index is 12.5. The number of rotatable bonds is 8. The van der Waals surface area contributed by atoms with Crippen LogP contribution in [0.2, 0.25) is 0 Å². The Morgan fingerprint density at radius 2 is 1.66 bits per heavy atom. The summed E-state index contributed by atoms with van der Waals surface area (Å²) in [6, 6.07) is 20.9. The summed E-state index contributed by atoms with van der Waals surface area (Å²) in [7, 11) is 0. The summed E-state index contributed by atoms with van der Waals surface area (Å²) in [5, 5.41) is 24.1. The van der Waals surface area contributed by atoms with Crippen molar-refractivity contribution in [2.24, 2.45) is 0 Å². The van der Waals surface area contributed by atoms with E-state index in [9.17, 15) is 10.2 Å². The van der Waals surface area contributed by atoms with E-state index in [2.05, 4.69) is 15.9 Å². The van der Waals surface area contributed by atoms with Gasteiger partial charge in [-0.05, 0) is 29.7 Å². The van der Waals surface area contributed by atoms with Gasteiger partial charge in [-0.15, -0.1) is 23.2 Å². The molecule has 3 aromatic rings. The summed E-state index contributed by atoms with van der Waals surface area (Å²) < 4.78 is 19.4. The fraction of sp³-hybridized carbons (Fsp3) is 0.333. The zero-order valence-electron chi connectivity index (χ0n) is 18.8. The molecule has 1 aliphatic carbocycles. The first kappa shape index (κ1) is 24.7. The van der Waals surface area contributed by atoms with Gasteiger partial charge in [0.05, 0.1) is 23.4 Å². The van der Waals surface area contributed by atoms with Gasteiger partial charge in [-0.25, -0.2) is 0 Å². The molecule has 8 heteroatoms. The van der Waals surface area contributed by atoms with Gasteiger partial charge < -0.3 is 24.4 Å². The number of alkyl halides is 2. The Labute approximate surface area is 222 Å². The lowest BCUT2D eigenvalue weighted by Crippen LogP contribution is -2.52. The van der Waals surface area contributed by atoms with Crippen LogP contribution in [-0.2, 0) is 11.2 Å². The van der Waals surface area contributed by atoms with E-state index in [0.717, 1.165) is 15.6 Å². The van der Waals surface area contributed by atoms with Gasteiger partial charge in [0.1, 0.15) is 30.5 Å². The lowest BCUT2D eigenvalue weighted by molar-refractivity contribution is -0.150. The number of fused-ring (bicyclic) bond motifs is 3. The van der Waals surface area contributed by atoms with Crippen LogP contribution < -0.4 is 14.2 Å². The van der Waals surface area contributed by atoms with Crippen molar-refractivity contribution in [3.63, 3.8) is 0 Å². The van der Waals surface area contributed by atoms with Crippen LogP contribution in [-0.4, -0.2) is 41.3 Å². The summed E-state index contributed by atoms with van der Waals surface area (Å²) in [6.45, 7) is 0.513. The molecule has 5 rings (SSSR count). The van der Waals surface area contributed by atoms with Gasteiger partial charge in [0.2, 0.25) is 0 Å². The molecule has 1 saturated carbocycles. The van der Waals surface area contributed by atoms with Gasteiger partial charge >= 0.3 is 0 Å². The van der Waals surface area contributed by atoms with Gasteiger partial charge in [-0.3, -0.25) is 0 Å². The summed E-state index contributed by atoms with van der Waals surface area (Å²) in [5.74, 6) is 1.49. The second-order valence-electron chi connectivity index (χ2n) is 8.70. The third-order valence-corrected chi connectivity index (χ3v) is 7.68. The molecule has 0 amide bonds. The highest BCUT2D eigenvalue weighted by atomic mass is 79.9. The molecule has 2 aliphatic rings. The Morgan fingerprint density at radius 3 is 2.34 bits per heavy atom. The Bertz CT molecular complexity index is 1190. The van der Waals surface area contributed by atoms with E-state index >= 15 is 0 Å². The standard InChI is InChI=1S/C27H25BrCl2O5/c28-19-8-6-18(7-9-19)27-21(17-4-2-1-3-5-17)16-24(31)26(27,32)25-22(34-13-11-30)14-20(33-12-10-29)15-23(25)35-27/h1-9,14-15,21,24,31-32H,10-13,16H2/t21-,24-,26+,27-/m0/s1. The molecule has 0 unspecified atom stereocenters. The normalized spacial score (nSPS) is 26.7. The van der Waals surface area contributed by atoms with Crippen LogP contribution in [0.1, 0.15) is 29.0 Å². The summed E-state index contributed by atoms with van der Waals surface area (Å²) in [5.41, 5.74) is -0.990. The lowest BCUT2D eigenvalue weighted by atomic mass is 9.71. The summed E-state index contributed by atoms with van der Waals surface area (Å²) in [4.78, 5) is 0. The van der Waals surface area contributed by atoms with Crippen molar-refractivity contribution < 1.29 is 24.4 Å². The molecule has 0 bridgehead atoms. The van der Waals surface area contributed by atoms with Crippen molar-refractivity contribution in [2.75, 3.05) is 25.0 Å². The number of hydrogen-bond acceptors (Lipinski definition) is 5. The minimum atomic E-state index is -1.79. The molecule has 1 aliphatic heterocycles. The largest absolute Gasteiger partial charge is 0.492 e. The van der Waals surface area contributed by atoms with Crippen LogP contribution in [0, 0.1) is 0 Å². The molecule has 2 N–H and O–H groups in total. The molecular weight excluding hydrogens is 555 g/mol. The quantitative estimate of drug-likeness (QED) is 0.335. The van der Waals surface area contributed by atoms with Gasteiger partial charge in [0.25, 0.3) is 0 Å². The third-order valence-electron chi connectivity index (χ3n) is 6.85. The number of aliphatic hydroxyl groups excluding tert-OH is 1. The van der Waals surface area contributed by atoms with Crippen molar-refractivity contribution in [1.82, 2.24) is 0 Å². The second-order valence-corrected chi connectivity index (χ2v) is 10.4. The van der Waals surface area contributed by atoms with Gasteiger partial charge in [-0.1, -0.05) is 58.4 Å². The first-order valence-electron chi connectivity index (χ1n) is 11.4. The van der Waals surface area contributed by atoms with E-state index in [1.165, 1.54) is 0 Å². The average Bonchev–Trinajstić information content (AvgIpc) is 3.27. The van der Waals surface area contributed by atoms with Crippen LogP contribution in [0.4, 0.5) is 0 Å². The second kappa shape index (κ2) is 9.83. The van der Waals surface area contributed by atoms with E-state index < -0.39 is 17.3 Å². The fourth-order valence-electron chi connectivity index (χ4n) is 5.51. The molecule has 0 spiro atoms. The Morgan fingerprint density at radius 1 is 0.971 bits per heavy atom. The predicted octanol–water partition coefficient (Wildman–Crippen LogP) is 5.71. The molecule has 4 atom stereocenters. The first-order valence-corrected chi connectivity index (χ1v) is 13.3. The third kappa shape index (κ3) is 3.91. The van der Waals surface area contributed by atoms with Crippen molar-refractivity contribution in [1.29, 1.82) is 0 Å². The van der Waals surface area contributed by atoms with Crippen molar-refractivity contribution in [2.45, 2.75) is 29.6 Å². The van der Waals surface area contributed by atoms with E-state index in [-0.39, 0.29) is 18.4 Å². The fourth-order valence-corrected chi connectivity index (χ4v) is 5.92. The molecule has 1 heterocycles. The molecule has 184 valence electrons. The number of ether oxygens (including phenoxy) is 3. The SMILES string of the molecule is O[C@H]1C[C@@H](c2ccccc2)[C@]2(c3ccc(Br)cc3)Oc3cc(OCCCl)cc(OCCCl)c3[C@]12O. The van der Waals surface area contributed by atoms with Crippen molar-refractivity contribution >= 4 is 39.1 Å². The lowest BCUT2D eigenvalue weighted by Gasteiger charge is -2.40. The van der Waals surface area contributed by atoms with Crippen LogP contribution >= 0.6 is 39.1 Å². The molecular formula is C27H25BrCl2O5. The maximum absolute atomic E-state index is 12.5. The Kier molecular flexibility index (Phi) is 6.94. The number of aliphatic hydroxyl groups is 2. The van der Waals surface area contributed by atoms with Crippen LogP contribution in [0.5, 0.6) is 17.2 Å². The highest BCUT2D eigenvalue weighted by Crippen LogP contribution is 2.68. The number of halogens is 3. The zero-order chi connectivity index (χ0) is 24.6. The maximum Gasteiger partial charge on any atom is 0.176 e. The van der Waals surface area contributed by atoms with Crippen molar-refractivity contribution in [3.8, 4) is 17.2 Å². The van der Waals surface area contributed by atoms with Crippen LogP contribution in [0.15, 0.2) is 71.2 Å². The van der Waals surface area contributed by atoms with Gasteiger partial charge in [0.15, 0.2) is 11.2 Å². The molecule has 35 heavy (non-hydrogen) atoms. The molecule has 3 aromatic carbocycles. The molecule has 1 fully saturated rings. The van der Waals surface area contributed by atoms with Crippen LogP contribution in [0.25, 0.3) is 0 Å². The van der Waals surface area contributed by atoms with Gasteiger partial charge in [0, 0.05) is 22.5 Å². The number of hydrogen-bond donors (Lipinski definition) is 2. The van der Waals surface area contributed by atoms with Gasteiger partial charge in [-0.2, -0.15) is 0 Å². The predicted molar refractivity (Wildman–Crippen MR) is 139 cm³/mol. The van der Waals surface area contributed by atoms with E-state index in [4.69, 9.17) is 37.4 Å². The Balaban J connectivity index is 1.75. The minimum Gasteiger partial charge on any atom is -0.492 e. The Hall–Kier alpha value is -1.96. The average molecular weight is 580 g/mol. The molecule has 5 nitrogen and oxygen atoms in total. The molecule has 0 aromatic heterocycles. The van der Waals surface area contributed by atoms with E-state index in [1.54, 1.807) is 12.1 Å². The summed E-state index contributed by atoms with van der Waals surface area (Å²) >= 11 is 15.3. The summed E-state index contributed by atoms with van der Waals surface area (Å²) in [6.07, 6.45) is -0.819. The van der Waals surface area contributed by atoms with E-state index in [1.807, 2.05) is 54.6 Å². The van der Waals surface area contributed by atoms with E-state index in [0.29, 0.717) is 41.7 Å². The highest BCUT2D eigenvalue weighted by Gasteiger charge is 2.73. The highest BCUT2D eigenvalue weighted by molar-refractivity contribution is 9.10. The topological polar surface area (TPSA) is 68.2 Å². The smallest absolute Gasteiger partial charge is 0.176 e. The van der Waals surface area contributed by atoms with Crippen LogP contribution in [0.3, 0.4) is 0 Å². The molecule has 0 saturated heterocycles. The van der Waals surface area contributed by atoms with Crippen molar-refractivity contribution in [3.05, 3.63) is 87.9 Å². The monoisotopic (exact) mass is 578 g/mol. The number of benzene rings is 3.